The van der Waals surface area contributed by atoms with Gasteiger partial charge in [-0.2, -0.15) is 0 Å². The summed E-state index contributed by atoms with van der Waals surface area (Å²) in [5.41, 5.74) is 0.140. The third-order valence-corrected chi connectivity index (χ3v) is 6.80. The van der Waals surface area contributed by atoms with Crippen LogP contribution in [-0.2, 0) is 19.6 Å². The van der Waals surface area contributed by atoms with E-state index in [0.29, 0.717) is 21.8 Å². The number of hydrogen-bond donors (Lipinski definition) is 0. The molecule has 0 saturated carbocycles. The van der Waals surface area contributed by atoms with Gasteiger partial charge in [-0.3, -0.25) is 9.59 Å². The van der Waals surface area contributed by atoms with Gasteiger partial charge in [0.15, 0.2) is 5.75 Å². The highest BCUT2D eigenvalue weighted by molar-refractivity contribution is 9.11. The molecule has 156 valence electrons. The first kappa shape index (κ1) is 23.6. The van der Waals surface area contributed by atoms with Crippen LogP contribution in [0.1, 0.15) is 39.5 Å². The summed E-state index contributed by atoms with van der Waals surface area (Å²) in [7, 11) is -4.12. The molecule has 0 aliphatic rings. The summed E-state index contributed by atoms with van der Waals surface area (Å²) in [6, 6.07) is 10.7. The van der Waals surface area contributed by atoms with Crippen LogP contribution in [0.4, 0.5) is 5.69 Å². The Morgan fingerprint density at radius 3 is 2.03 bits per heavy atom. The SMILES string of the molecule is CCCC(=O)Oc1c(Br)cc(N(C(=O)CCC)S(=O)(=O)c2ccccc2)cc1Br. The van der Waals surface area contributed by atoms with E-state index in [1.54, 1.807) is 25.1 Å². The van der Waals surface area contributed by atoms with Gasteiger partial charge < -0.3 is 4.74 Å². The quantitative estimate of drug-likeness (QED) is 0.325. The van der Waals surface area contributed by atoms with Crippen LogP contribution < -0.4 is 9.04 Å². The molecule has 0 atom stereocenters. The third kappa shape index (κ3) is 5.67. The maximum atomic E-state index is 13.2. The zero-order chi connectivity index (χ0) is 21.6. The van der Waals surface area contributed by atoms with Gasteiger partial charge in [0.25, 0.3) is 10.0 Å². The number of nitrogens with zero attached hydrogens (tertiary/aromatic N) is 1. The topological polar surface area (TPSA) is 80.8 Å². The number of hydrogen-bond acceptors (Lipinski definition) is 5. The summed E-state index contributed by atoms with van der Waals surface area (Å²) in [4.78, 5) is 24.6. The van der Waals surface area contributed by atoms with Gasteiger partial charge in [0, 0.05) is 12.8 Å². The molecule has 29 heavy (non-hydrogen) atoms. The van der Waals surface area contributed by atoms with E-state index >= 15 is 0 Å². The van der Waals surface area contributed by atoms with Crippen molar-refractivity contribution < 1.29 is 22.7 Å². The number of sulfonamides is 1. The zero-order valence-corrected chi connectivity index (χ0v) is 20.0. The van der Waals surface area contributed by atoms with Crippen LogP contribution in [0, 0.1) is 0 Å². The molecule has 0 saturated heterocycles. The Bertz CT molecular complexity index is 970. The van der Waals surface area contributed by atoms with Gasteiger partial charge in [0.1, 0.15) is 0 Å². The van der Waals surface area contributed by atoms with Crippen molar-refractivity contribution >= 4 is 59.4 Å². The Morgan fingerprint density at radius 2 is 1.52 bits per heavy atom. The molecule has 0 bridgehead atoms. The molecule has 2 aromatic carbocycles. The van der Waals surface area contributed by atoms with Crippen molar-refractivity contribution in [2.75, 3.05) is 4.31 Å². The lowest BCUT2D eigenvalue weighted by Gasteiger charge is -2.23. The fourth-order valence-electron chi connectivity index (χ4n) is 2.56. The molecule has 0 aromatic heterocycles. The maximum absolute atomic E-state index is 13.2. The summed E-state index contributed by atoms with van der Waals surface area (Å²) in [5, 5.41) is 0. The van der Waals surface area contributed by atoms with Crippen molar-refractivity contribution in [3.8, 4) is 5.75 Å². The normalized spacial score (nSPS) is 11.2. The van der Waals surface area contributed by atoms with Crippen molar-refractivity contribution in [1.82, 2.24) is 0 Å². The predicted octanol–water partition coefficient (Wildman–Crippen LogP) is 5.44. The fraction of sp³-hybridized carbons (Fsp3) is 0.300. The smallest absolute Gasteiger partial charge is 0.311 e. The lowest BCUT2D eigenvalue weighted by Crippen LogP contribution is -2.36. The molecule has 0 heterocycles. The molecule has 0 aliphatic heterocycles. The van der Waals surface area contributed by atoms with Gasteiger partial charge >= 0.3 is 5.97 Å². The summed E-state index contributed by atoms with van der Waals surface area (Å²) in [6.45, 7) is 3.66. The van der Waals surface area contributed by atoms with Crippen LogP contribution >= 0.6 is 31.9 Å². The lowest BCUT2D eigenvalue weighted by atomic mass is 10.2. The molecule has 0 N–H and O–H groups in total. The molecule has 0 spiro atoms. The second-order valence-electron chi connectivity index (χ2n) is 6.19. The van der Waals surface area contributed by atoms with Crippen molar-refractivity contribution in [3.63, 3.8) is 0 Å². The summed E-state index contributed by atoms with van der Waals surface area (Å²) in [6.07, 6.45) is 1.45. The van der Waals surface area contributed by atoms with E-state index in [1.165, 1.54) is 24.3 Å². The summed E-state index contributed by atoms with van der Waals surface area (Å²) in [5.74, 6) is -0.726. The average Bonchev–Trinajstić information content (AvgIpc) is 2.66. The number of benzene rings is 2. The summed E-state index contributed by atoms with van der Waals surface area (Å²) < 4.78 is 33.3. The number of rotatable bonds is 8. The Balaban J connectivity index is 2.55. The Labute approximate surface area is 187 Å². The molecule has 0 fully saturated rings. The molecular formula is C20H21Br2NO5S. The van der Waals surface area contributed by atoms with Crippen molar-refractivity contribution in [3.05, 3.63) is 51.4 Å². The highest BCUT2D eigenvalue weighted by Gasteiger charge is 2.31. The van der Waals surface area contributed by atoms with E-state index < -0.39 is 21.9 Å². The molecule has 2 aromatic rings. The Morgan fingerprint density at radius 1 is 0.966 bits per heavy atom. The van der Waals surface area contributed by atoms with E-state index in [0.717, 1.165) is 4.31 Å². The first-order valence-electron chi connectivity index (χ1n) is 9.05. The zero-order valence-electron chi connectivity index (χ0n) is 16.0. The van der Waals surface area contributed by atoms with Gasteiger partial charge in [-0.05, 0) is 69.0 Å². The van der Waals surface area contributed by atoms with Crippen LogP contribution in [0.25, 0.3) is 0 Å². The maximum Gasteiger partial charge on any atom is 0.311 e. The average molecular weight is 547 g/mol. The summed E-state index contributed by atoms with van der Waals surface area (Å²) >= 11 is 6.63. The van der Waals surface area contributed by atoms with Crippen molar-refractivity contribution in [2.45, 2.75) is 44.4 Å². The number of halogens is 2. The molecule has 1 amide bonds. The monoisotopic (exact) mass is 545 g/mol. The second-order valence-corrected chi connectivity index (χ2v) is 9.68. The van der Waals surface area contributed by atoms with Gasteiger partial charge in [0.05, 0.1) is 19.5 Å². The third-order valence-electron chi connectivity index (χ3n) is 3.86. The minimum atomic E-state index is -4.12. The van der Waals surface area contributed by atoms with Crippen LogP contribution in [0.2, 0.25) is 0 Å². The van der Waals surface area contributed by atoms with Gasteiger partial charge in [-0.1, -0.05) is 32.0 Å². The molecule has 0 radical (unpaired) electrons. The van der Waals surface area contributed by atoms with Crippen LogP contribution in [-0.4, -0.2) is 20.3 Å². The highest BCUT2D eigenvalue weighted by atomic mass is 79.9. The van der Waals surface area contributed by atoms with E-state index in [1.807, 2.05) is 6.92 Å². The van der Waals surface area contributed by atoms with Gasteiger partial charge in [-0.25, -0.2) is 12.7 Å². The number of anilines is 1. The van der Waals surface area contributed by atoms with E-state index in [9.17, 15) is 18.0 Å². The minimum absolute atomic E-state index is 0.00940. The van der Waals surface area contributed by atoms with E-state index in [2.05, 4.69) is 31.9 Å². The number of carbonyl (C=O) groups excluding carboxylic acids is 2. The molecule has 9 heteroatoms. The Hall–Kier alpha value is -1.71. The lowest BCUT2D eigenvalue weighted by molar-refractivity contribution is -0.134. The van der Waals surface area contributed by atoms with Crippen LogP contribution in [0.3, 0.4) is 0 Å². The number of carbonyl (C=O) groups is 2. The number of ether oxygens (including phenoxy) is 1. The molecule has 6 nitrogen and oxygen atoms in total. The second kappa shape index (κ2) is 10.4. The van der Waals surface area contributed by atoms with Crippen LogP contribution in [0.5, 0.6) is 5.75 Å². The molecule has 2 rings (SSSR count). The molecule has 0 unspecified atom stereocenters. The molecular weight excluding hydrogens is 526 g/mol. The van der Waals surface area contributed by atoms with E-state index in [4.69, 9.17) is 4.74 Å². The Kier molecular flexibility index (Phi) is 8.42. The van der Waals surface area contributed by atoms with Crippen molar-refractivity contribution in [1.29, 1.82) is 0 Å². The minimum Gasteiger partial charge on any atom is -0.424 e. The fourth-order valence-corrected chi connectivity index (χ4v) is 5.34. The van der Waals surface area contributed by atoms with Gasteiger partial charge in [0.2, 0.25) is 5.91 Å². The number of amides is 1. The first-order valence-corrected chi connectivity index (χ1v) is 12.1. The highest BCUT2D eigenvalue weighted by Crippen LogP contribution is 2.39. The van der Waals surface area contributed by atoms with Crippen molar-refractivity contribution in [2.24, 2.45) is 0 Å². The van der Waals surface area contributed by atoms with Crippen LogP contribution in [0.15, 0.2) is 56.3 Å². The standard InChI is InChI=1S/C20H21Br2NO5S/c1-3-8-18(24)23(29(26,27)15-10-6-5-7-11-15)14-12-16(21)20(17(22)13-14)28-19(25)9-4-2/h5-7,10-13H,3-4,8-9H2,1-2H3. The predicted molar refractivity (Wildman–Crippen MR) is 118 cm³/mol. The first-order chi connectivity index (χ1) is 13.7. The largest absolute Gasteiger partial charge is 0.424 e. The van der Waals surface area contributed by atoms with Gasteiger partial charge in [-0.15, -0.1) is 0 Å². The van der Waals surface area contributed by atoms with E-state index in [-0.39, 0.29) is 29.2 Å². The molecule has 0 aliphatic carbocycles. The number of esters is 1.